The molecule has 1 unspecified atom stereocenters. The van der Waals surface area contributed by atoms with Gasteiger partial charge in [0, 0.05) is 0 Å². The molecule has 0 aromatic rings. The van der Waals surface area contributed by atoms with Gasteiger partial charge in [-0.25, -0.2) is 0 Å². The molecule has 2 saturated carbocycles. The van der Waals surface area contributed by atoms with E-state index in [1.54, 1.807) is 0 Å². The zero-order valence-electron chi connectivity index (χ0n) is 8.99. The van der Waals surface area contributed by atoms with Crippen LogP contribution in [0.5, 0.6) is 0 Å². The Balaban J connectivity index is 1.67. The molecule has 14 heavy (non-hydrogen) atoms. The minimum Gasteiger partial charge on any atom is -0.0882 e. The van der Waals surface area contributed by atoms with Crippen LogP contribution in [0.1, 0.15) is 38.5 Å². The lowest BCUT2D eigenvalue weighted by molar-refractivity contribution is 0.576. The van der Waals surface area contributed by atoms with Crippen LogP contribution in [0.2, 0.25) is 0 Å². The molecule has 0 heterocycles. The fourth-order valence-corrected chi connectivity index (χ4v) is 2.02. The van der Waals surface area contributed by atoms with Gasteiger partial charge in [-0.15, -0.1) is 0 Å². The van der Waals surface area contributed by atoms with Crippen molar-refractivity contribution in [3.05, 3.63) is 31.2 Å². The number of allylic oxidation sites excluding steroid dienone is 4. The lowest BCUT2D eigenvalue weighted by atomic mass is 9.98. The minimum atomic E-state index is 0.781. The van der Waals surface area contributed by atoms with Crippen molar-refractivity contribution in [1.29, 1.82) is 0 Å². The van der Waals surface area contributed by atoms with Gasteiger partial charge in [-0.05, 0) is 63.2 Å². The van der Waals surface area contributed by atoms with Gasteiger partial charge in [-0.2, -0.15) is 0 Å². The van der Waals surface area contributed by atoms with Crippen molar-refractivity contribution in [3.8, 4) is 0 Å². The fourth-order valence-electron chi connectivity index (χ4n) is 2.02. The van der Waals surface area contributed by atoms with E-state index in [9.17, 15) is 0 Å². The summed E-state index contributed by atoms with van der Waals surface area (Å²) in [5, 5.41) is 0. The molecule has 0 amide bonds. The van der Waals surface area contributed by atoms with Gasteiger partial charge in [0.25, 0.3) is 0 Å². The van der Waals surface area contributed by atoms with Gasteiger partial charge in [0.05, 0.1) is 0 Å². The molecule has 0 aromatic carbocycles. The maximum absolute atomic E-state index is 3.80. The molecule has 77 valence electrons. The van der Waals surface area contributed by atoms with Crippen molar-refractivity contribution in [2.24, 2.45) is 17.8 Å². The lowest BCUT2D eigenvalue weighted by Gasteiger charge is -2.07. The molecule has 2 aliphatic rings. The van der Waals surface area contributed by atoms with Gasteiger partial charge >= 0.3 is 0 Å². The Bertz CT molecular complexity index is 216. The van der Waals surface area contributed by atoms with E-state index in [0.717, 1.165) is 17.8 Å². The van der Waals surface area contributed by atoms with Crippen LogP contribution in [-0.2, 0) is 0 Å². The second-order valence-corrected chi connectivity index (χ2v) is 4.82. The van der Waals surface area contributed by atoms with Crippen molar-refractivity contribution in [2.75, 3.05) is 0 Å². The molecule has 0 saturated heterocycles. The zero-order chi connectivity index (χ0) is 9.80. The first-order valence-corrected chi connectivity index (χ1v) is 6.01. The first-order valence-electron chi connectivity index (χ1n) is 6.01. The third kappa shape index (κ3) is 3.32. The standard InChI is InChI=1S/C14H21/c1-2-5-13(14-10-11-14)7-4-3-6-12-8-9-12/h2-5,12-14H,1,6-11H2. The largest absolute Gasteiger partial charge is 0.0882 e. The molecule has 1 atom stereocenters. The van der Waals surface area contributed by atoms with Crippen LogP contribution >= 0.6 is 0 Å². The lowest BCUT2D eigenvalue weighted by Crippen LogP contribution is -1.96. The van der Waals surface area contributed by atoms with E-state index >= 15 is 0 Å². The number of hydrogen-bond donors (Lipinski definition) is 0. The highest BCUT2D eigenvalue weighted by atomic mass is 14.3. The summed E-state index contributed by atoms with van der Waals surface area (Å²) in [6.07, 6.45) is 17.4. The monoisotopic (exact) mass is 189 g/mol. The molecule has 0 nitrogen and oxygen atoms in total. The Morgan fingerprint density at radius 2 is 1.93 bits per heavy atom. The summed E-state index contributed by atoms with van der Waals surface area (Å²) in [6.45, 7) is 3.80. The second kappa shape index (κ2) is 4.82. The smallest absolute Gasteiger partial charge is 0.0171 e. The van der Waals surface area contributed by atoms with E-state index < -0.39 is 0 Å². The first-order chi connectivity index (χ1) is 6.90. The summed E-state index contributed by atoms with van der Waals surface area (Å²) < 4.78 is 0. The van der Waals surface area contributed by atoms with Crippen molar-refractivity contribution < 1.29 is 0 Å². The summed E-state index contributed by atoms with van der Waals surface area (Å²) in [5.41, 5.74) is 0. The minimum absolute atomic E-state index is 0.781. The molecule has 2 rings (SSSR count). The van der Waals surface area contributed by atoms with E-state index in [1.165, 1.54) is 38.5 Å². The Hall–Kier alpha value is -0.520. The molecular weight excluding hydrogens is 168 g/mol. The van der Waals surface area contributed by atoms with Crippen LogP contribution in [-0.4, -0.2) is 0 Å². The van der Waals surface area contributed by atoms with Gasteiger partial charge < -0.3 is 0 Å². The summed E-state index contributed by atoms with van der Waals surface area (Å²) >= 11 is 0. The highest BCUT2D eigenvalue weighted by molar-refractivity contribution is 5.01. The second-order valence-electron chi connectivity index (χ2n) is 4.82. The van der Waals surface area contributed by atoms with Gasteiger partial charge in [-0.1, -0.05) is 24.3 Å². The van der Waals surface area contributed by atoms with Crippen molar-refractivity contribution >= 4 is 0 Å². The molecule has 0 aliphatic heterocycles. The molecule has 1 radical (unpaired) electrons. The van der Waals surface area contributed by atoms with E-state index in [0.29, 0.717) is 0 Å². The van der Waals surface area contributed by atoms with Crippen LogP contribution in [0.25, 0.3) is 0 Å². The molecule has 2 fully saturated rings. The molecular formula is C14H21. The molecule has 2 aliphatic carbocycles. The Kier molecular flexibility index (Phi) is 3.44. The van der Waals surface area contributed by atoms with Gasteiger partial charge in [0.2, 0.25) is 0 Å². The van der Waals surface area contributed by atoms with Gasteiger partial charge in [0.1, 0.15) is 0 Å². The van der Waals surface area contributed by atoms with E-state index in [4.69, 9.17) is 0 Å². The topological polar surface area (TPSA) is 0 Å². The summed E-state index contributed by atoms with van der Waals surface area (Å²) in [6, 6.07) is 0. The van der Waals surface area contributed by atoms with E-state index in [1.807, 2.05) is 6.08 Å². The third-order valence-electron chi connectivity index (χ3n) is 3.35. The average Bonchev–Trinajstić information content (AvgIpc) is 3.03. The van der Waals surface area contributed by atoms with E-state index in [-0.39, 0.29) is 0 Å². The van der Waals surface area contributed by atoms with Crippen LogP contribution in [0.3, 0.4) is 0 Å². The van der Waals surface area contributed by atoms with Gasteiger partial charge in [-0.3, -0.25) is 0 Å². The summed E-state index contributed by atoms with van der Waals surface area (Å²) in [7, 11) is 0. The van der Waals surface area contributed by atoms with Crippen molar-refractivity contribution in [3.63, 3.8) is 0 Å². The third-order valence-corrected chi connectivity index (χ3v) is 3.35. The van der Waals surface area contributed by atoms with Crippen LogP contribution in [0.15, 0.2) is 24.3 Å². The Morgan fingerprint density at radius 1 is 1.14 bits per heavy atom. The molecule has 0 heteroatoms. The SMILES string of the molecule is [CH2]C=CC(CC=CCC1CC1)C1CC1. The highest BCUT2D eigenvalue weighted by Crippen LogP contribution is 2.39. The van der Waals surface area contributed by atoms with Crippen LogP contribution in [0, 0.1) is 24.7 Å². The molecule has 0 spiro atoms. The van der Waals surface area contributed by atoms with Gasteiger partial charge in [0.15, 0.2) is 0 Å². The number of hydrogen-bond acceptors (Lipinski definition) is 0. The molecule has 0 aromatic heterocycles. The van der Waals surface area contributed by atoms with Crippen LogP contribution in [0.4, 0.5) is 0 Å². The molecule has 0 N–H and O–H groups in total. The normalized spacial score (nSPS) is 24.9. The fraction of sp³-hybridized carbons (Fsp3) is 0.643. The van der Waals surface area contributed by atoms with Crippen LogP contribution < -0.4 is 0 Å². The maximum atomic E-state index is 3.80. The Morgan fingerprint density at radius 3 is 2.50 bits per heavy atom. The van der Waals surface area contributed by atoms with E-state index in [2.05, 4.69) is 25.2 Å². The van der Waals surface area contributed by atoms with Crippen molar-refractivity contribution in [1.82, 2.24) is 0 Å². The zero-order valence-corrected chi connectivity index (χ0v) is 8.99. The average molecular weight is 189 g/mol. The van der Waals surface area contributed by atoms with Crippen molar-refractivity contribution in [2.45, 2.75) is 38.5 Å². The summed E-state index contributed by atoms with van der Waals surface area (Å²) in [5.74, 6) is 2.79. The first kappa shape index (κ1) is 10.0. The predicted octanol–water partition coefficient (Wildman–Crippen LogP) is 4.15. The maximum Gasteiger partial charge on any atom is -0.0171 e. The summed E-state index contributed by atoms with van der Waals surface area (Å²) in [4.78, 5) is 0. The highest BCUT2D eigenvalue weighted by Gasteiger charge is 2.28. The predicted molar refractivity (Wildman–Crippen MR) is 61.8 cm³/mol. The Labute approximate surface area is 88.1 Å². The number of rotatable bonds is 6. The molecule has 0 bridgehead atoms. The quantitative estimate of drug-likeness (QED) is 0.551.